The van der Waals surface area contributed by atoms with Crippen LogP contribution in [0, 0.1) is 17.5 Å². The SMILES string of the molecule is CCNC1CCc2[nH]c3c(F)cc(F)c(F)c3c21. The quantitative estimate of drug-likeness (QED) is 0.791. The van der Waals surface area contributed by atoms with Gasteiger partial charge in [0.2, 0.25) is 0 Å². The van der Waals surface area contributed by atoms with Crippen LogP contribution in [0.15, 0.2) is 6.07 Å². The van der Waals surface area contributed by atoms with E-state index < -0.39 is 17.5 Å². The molecule has 2 aromatic rings. The predicted octanol–water partition coefficient (Wildman–Crippen LogP) is 3.18. The van der Waals surface area contributed by atoms with Gasteiger partial charge in [-0.1, -0.05) is 6.92 Å². The zero-order valence-corrected chi connectivity index (χ0v) is 9.91. The molecular formula is C13H13F3N2. The van der Waals surface area contributed by atoms with Gasteiger partial charge in [0, 0.05) is 28.8 Å². The molecule has 1 heterocycles. The summed E-state index contributed by atoms with van der Waals surface area (Å²) in [6, 6.07) is 0.556. The number of aryl methyl sites for hydroxylation is 1. The fraction of sp³-hybridized carbons (Fsp3) is 0.385. The minimum Gasteiger partial charge on any atom is -0.356 e. The van der Waals surface area contributed by atoms with E-state index in [0.29, 0.717) is 11.6 Å². The zero-order chi connectivity index (χ0) is 12.9. The molecule has 0 radical (unpaired) electrons. The highest BCUT2D eigenvalue weighted by Crippen LogP contribution is 2.39. The van der Waals surface area contributed by atoms with Crippen molar-refractivity contribution >= 4 is 10.9 Å². The van der Waals surface area contributed by atoms with E-state index in [1.54, 1.807) is 0 Å². The van der Waals surface area contributed by atoms with E-state index in [9.17, 15) is 13.2 Å². The van der Waals surface area contributed by atoms with Crippen molar-refractivity contribution in [1.29, 1.82) is 0 Å². The van der Waals surface area contributed by atoms with E-state index in [0.717, 1.165) is 25.1 Å². The molecule has 1 aromatic carbocycles. The number of rotatable bonds is 2. The molecule has 0 aliphatic heterocycles. The van der Waals surface area contributed by atoms with E-state index >= 15 is 0 Å². The summed E-state index contributed by atoms with van der Waals surface area (Å²) in [5, 5.41) is 3.27. The Labute approximate surface area is 102 Å². The van der Waals surface area contributed by atoms with Gasteiger partial charge in [0.25, 0.3) is 0 Å². The van der Waals surface area contributed by atoms with Crippen molar-refractivity contribution in [2.75, 3.05) is 6.54 Å². The molecule has 0 spiro atoms. The van der Waals surface area contributed by atoms with Gasteiger partial charge >= 0.3 is 0 Å². The molecule has 1 aliphatic rings. The molecule has 0 fully saturated rings. The number of hydrogen-bond acceptors (Lipinski definition) is 1. The Morgan fingerprint density at radius 1 is 1.33 bits per heavy atom. The number of nitrogens with one attached hydrogen (secondary N) is 2. The number of hydrogen-bond donors (Lipinski definition) is 2. The summed E-state index contributed by atoms with van der Waals surface area (Å²) in [5.41, 5.74) is 1.56. The lowest BCUT2D eigenvalue weighted by Crippen LogP contribution is -2.18. The first kappa shape index (κ1) is 11.6. The molecule has 2 N–H and O–H groups in total. The van der Waals surface area contributed by atoms with Crippen LogP contribution in [-0.2, 0) is 6.42 Å². The van der Waals surface area contributed by atoms with Gasteiger partial charge in [-0.25, -0.2) is 13.2 Å². The molecule has 1 aromatic heterocycles. The molecule has 18 heavy (non-hydrogen) atoms. The van der Waals surface area contributed by atoms with Crippen LogP contribution >= 0.6 is 0 Å². The van der Waals surface area contributed by atoms with Crippen LogP contribution in [0.1, 0.15) is 30.6 Å². The maximum atomic E-state index is 13.9. The third-order valence-corrected chi connectivity index (χ3v) is 3.52. The smallest absolute Gasteiger partial charge is 0.168 e. The van der Waals surface area contributed by atoms with Gasteiger partial charge in [0.15, 0.2) is 11.6 Å². The van der Waals surface area contributed by atoms with Crippen molar-refractivity contribution in [2.24, 2.45) is 0 Å². The van der Waals surface area contributed by atoms with Crippen molar-refractivity contribution in [2.45, 2.75) is 25.8 Å². The van der Waals surface area contributed by atoms with Gasteiger partial charge < -0.3 is 10.3 Å². The van der Waals surface area contributed by atoms with Crippen LogP contribution in [0.2, 0.25) is 0 Å². The van der Waals surface area contributed by atoms with Crippen LogP contribution in [0.25, 0.3) is 10.9 Å². The third-order valence-electron chi connectivity index (χ3n) is 3.52. The molecule has 0 amide bonds. The molecule has 1 unspecified atom stereocenters. The highest BCUT2D eigenvalue weighted by atomic mass is 19.2. The normalized spacial score (nSPS) is 18.6. The number of aromatic amines is 1. The molecule has 96 valence electrons. The van der Waals surface area contributed by atoms with Crippen molar-refractivity contribution in [3.8, 4) is 0 Å². The van der Waals surface area contributed by atoms with Gasteiger partial charge in [0.05, 0.1) is 5.52 Å². The molecule has 0 saturated heterocycles. The van der Waals surface area contributed by atoms with Crippen molar-refractivity contribution in [3.05, 3.63) is 34.8 Å². The summed E-state index contributed by atoms with van der Waals surface area (Å²) < 4.78 is 40.8. The predicted molar refractivity (Wildman–Crippen MR) is 62.9 cm³/mol. The van der Waals surface area contributed by atoms with Gasteiger partial charge in [-0.3, -0.25) is 0 Å². The van der Waals surface area contributed by atoms with Crippen LogP contribution in [0.5, 0.6) is 0 Å². The van der Waals surface area contributed by atoms with Crippen molar-refractivity contribution in [3.63, 3.8) is 0 Å². The Bertz CT molecular complexity index is 618. The monoisotopic (exact) mass is 254 g/mol. The van der Waals surface area contributed by atoms with Crippen LogP contribution in [0.3, 0.4) is 0 Å². The fourth-order valence-corrected chi connectivity index (χ4v) is 2.80. The average Bonchev–Trinajstić information content (AvgIpc) is 2.87. The molecule has 1 aliphatic carbocycles. The highest BCUT2D eigenvalue weighted by molar-refractivity contribution is 5.87. The lowest BCUT2D eigenvalue weighted by molar-refractivity contribution is 0.502. The molecule has 5 heteroatoms. The van der Waals surface area contributed by atoms with E-state index in [4.69, 9.17) is 0 Å². The summed E-state index contributed by atoms with van der Waals surface area (Å²) in [7, 11) is 0. The number of halogens is 3. The second-order valence-electron chi connectivity index (χ2n) is 4.57. The maximum Gasteiger partial charge on any atom is 0.168 e. The Balaban J connectivity index is 2.30. The van der Waals surface area contributed by atoms with Crippen molar-refractivity contribution in [1.82, 2.24) is 10.3 Å². The third kappa shape index (κ3) is 1.47. The molecule has 1 atom stereocenters. The van der Waals surface area contributed by atoms with Gasteiger partial charge in [-0.15, -0.1) is 0 Å². The zero-order valence-electron chi connectivity index (χ0n) is 9.91. The maximum absolute atomic E-state index is 13.9. The lowest BCUT2D eigenvalue weighted by Gasteiger charge is -2.12. The second kappa shape index (κ2) is 4.02. The summed E-state index contributed by atoms with van der Waals surface area (Å²) in [6.45, 7) is 2.68. The Hall–Kier alpha value is -1.49. The van der Waals surface area contributed by atoms with E-state index in [1.807, 2.05) is 6.92 Å². The topological polar surface area (TPSA) is 27.8 Å². The Morgan fingerprint density at radius 2 is 2.11 bits per heavy atom. The minimum atomic E-state index is -1.14. The fourth-order valence-electron chi connectivity index (χ4n) is 2.80. The lowest BCUT2D eigenvalue weighted by atomic mass is 10.1. The van der Waals surface area contributed by atoms with E-state index in [-0.39, 0.29) is 16.9 Å². The number of H-pyrrole nitrogens is 1. The largest absolute Gasteiger partial charge is 0.356 e. The van der Waals surface area contributed by atoms with Gasteiger partial charge in [0.1, 0.15) is 5.82 Å². The molecule has 0 saturated carbocycles. The molecule has 3 rings (SSSR count). The number of benzene rings is 1. The average molecular weight is 254 g/mol. The van der Waals surface area contributed by atoms with Crippen molar-refractivity contribution < 1.29 is 13.2 Å². The van der Waals surface area contributed by atoms with E-state index in [1.165, 1.54) is 0 Å². The summed E-state index contributed by atoms with van der Waals surface area (Å²) >= 11 is 0. The standard InChI is InChI=1S/C13H13F3N2/c1-2-17-8-3-4-9-10(8)11-12(16)6(14)5-7(15)13(11)18-9/h5,8,17-18H,2-4H2,1H3. The first-order valence-electron chi connectivity index (χ1n) is 6.04. The van der Waals surface area contributed by atoms with Gasteiger partial charge in [-0.05, 0) is 19.4 Å². The highest BCUT2D eigenvalue weighted by Gasteiger charge is 2.30. The summed E-state index contributed by atoms with van der Waals surface area (Å²) in [5.74, 6) is -2.84. The summed E-state index contributed by atoms with van der Waals surface area (Å²) in [6.07, 6.45) is 1.55. The molecular weight excluding hydrogens is 241 g/mol. The number of fused-ring (bicyclic) bond motifs is 3. The molecule has 2 nitrogen and oxygen atoms in total. The van der Waals surface area contributed by atoms with E-state index in [2.05, 4.69) is 10.3 Å². The Morgan fingerprint density at radius 3 is 2.83 bits per heavy atom. The molecule has 0 bridgehead atoms. The van der Waals surface area contributed by atoms with Gasteiger partial charge in [-0.2, -0.15) is 0 Å². The number of aromatic nitrogens is 1. The van der Waals surface area contributed by atoms with Crippen LogP contribution in [-0.4, -0.2) is 11.5 Å². The first-order chi connectivity index (χ1) is 8.63. The van der Waals surface area contributed by atoms with Crippen LogP contribution in [0.4, 0.5) is 13.2 Å². The minimum absolute atomic E-state index is 0.0329. The second-order valence-corrected chi connectivity index (χ2v) is 4.57. The summed E-state index contributed by atoms with van der Waals surface area (Å²) in [4.78, 5) is 2.88. The Kier molecular flexibility index (Phi) is 2.59. The van der Waals surface area contributed by atoms with Crippen LogP contribution < -0.4 is 5.32 Å². The first-order valence-corrected chi connectivity index (χ1v) is 6.04.